The zero-order valence-corrected chi connectivity index (χ0v) is 16.9. The normalized spacial score (nSPS) is 20.7. The van der Waals surface area contributed by atoms with Crippen molar-refractivity contribution in [3.8, 4) is 0 Å². The molecule has 0 unspecified atom stereocenters. The van der Waals surface area contributed by atoms with Gasteiger partial charge in [-0.05, 0) is 50.2 Å². The van der Waals surface area contributed by atoms with Crippen molar-refractivity contribution >= 4 is 21.6 Å². The number of hydrogen-bond acceptors (Lipinski definition) is 5. The van der Waals surface area contributed by atoms with Crippen LogP contribution in [0.1, 0.15) is 30.1 Å². The van der Waals surface area contributed by atoms with Crippen LogP contribution in [-0.2, 0) is 10.0 Å². The van der Waals surface area contributed by atoms with Crippen molar-refractivity contribution in [3.05, 3.63) is 29.8 Å². The Morgan fingerprint density at radius 2 is 1.70 bits per heavy atom. The highest BCUT2D eigenvalue weighted by Crippen LogP contribution is 2.24. The molecule has 8 heteroatoms. The molecule has 0 atom stereocenters. The largest absolute Gasteiger partial charge is 0.352 e. The SMILES string of the molecule is CCN1CCN(CCCNC(=O)c2ccc(N3CCCS3(=O)=O)cc2)CC1. The van der Waals surface area contributed by atoms with E-state index in [4.69, 9.17) is 0 Å². The molecule has 2 fully saturated rings. The number of piperazine rings is 1. The summed E-state index contributed by atoms with van der Waals surface area (Å²) in [5, 5.41) is 2.96. The summed E-state index contributed by atoms with van der Waals surface area (Å²) in [6, 6.07) is 6.82. The van der Waals surface area contributed by atoms with Gasteiger partial charge >= 0.3 is 0 Å². The lowest BCUT2D eigenvalue weighted by atomic mass is 10.2. The van der Waals surface area contributed by atoms with E-state index >= 15 is 0 Å². The number of likely N-dealkylation sites (N-methyl/N-ethyl adjacent to an activating group) is 1. The number of carbonyl (C=O) groups excluding carboxylic acids is 1. The Bertz CT molecular complexity index is 728. The average Bonchev–Trinajstić information content (AvgIpc) is 3.04. The van der Waals surface area contributed by atoms with E-state index in [9.17, 15) is 13.2 Å². The third-order valence-corrected chi connectivity index (χ3v) is 7.24. The van der Waals surface area contributed by atoms with Crippen LogP contribution < -0.4 is 9.62 Å². The second-order valence-corrected chi connectivity index (χ2v) is 9.19. The molecule has 0 saturated carbocycles. The fourth-order valence-electron chi connectivity index (χ4n) is 3.64. The highest BCUT2D eigenvalue weighted by molar-refractivity contribution is 7.93. The standard InChI is InChI=1S/C19H30N4O3S/c1-2-21-12-14-22(15-13-21)10-3-9-20-19(24)17-5-7-18(8-6-17)23-11-4-16-27(23,25)26/h5-8H,2-4,9-16H2,1H3,(H,20,24). The summed E-state index contributed by atoms with van der Waals surface area (Å²) in [6.07, 6.45) is 1.58. The highest BCUT2D eigenvalue weighted by atomic mass is 32.2. The second kappa shape index (κ2) is 9.03. The van der Waals surface area contributed by atoms with Gasteiger partial charge in [-0.25, -0.2) is 8.42 Å². The van der Waals surface area contributed by atoms with Crippen molar-refractivity contribution in [3.63, 3.8) is 0 Å². The maximum absolute atomic E-state index is 12.3. The van der Waals surface area contributed by atoms with Crippen molar-refractivity contribution in [2.24, 2.45) is 0 Å². The molecule has 1 aromatic rings. The molecule has 0 spiro atoms. The number of nitrogens with zero attached hydrogens (tertiary/aromatic N) is 3. The molecule has 2 saturated heterocycles. The van der Waals surface area contributed by atoms with Gasteiger partial charge in [0.15, 0.2) is 0 Å². The number of carbonyl (C=O) groups is 1. The zero-order valence-electron chi connectivity index (χ0n) is 16.1. The van der Waals surface area contributed by atoms with Crippen molar-refractivity contribution in [1.82, 2.24) is 15.1 Å². The summed E-state index contributed by atoms with van der Waals surface area (Å²) in [6.45, 7) is 9.93. The van der Waals surface area contributed by atoms with E-state index in [1.807, 2.05) is 0 Å². The fourth-order valence-corrected chi connectivity index (χ4v) is 5.21. The van der Waals surface area contributed by atoms with Crippen molar-refractivity contribution in [1.29, 1.82) is 0 Å². The topological polar surface area (TPSA) is 73.0 Å². The molecule has 0 radical (unpaired) electrons. The monoisotopic (exact) mass is 394 g/mol. The average molecular weight is 395 g/mol. The van der Waals surface area contributed by atoms with Crippen LogP contribution in [0.15, 0.2) is 24.3 Å². The van der Waals surface area contributed by atoms with E-state index in [2.05, 4.69) is 22.0 Å². The number of rotatable bonds is 7. The van der Waals surface area contributed by atoms with Crippen LogP contribution in [0.3, 0.4) is 0 Å². The Hall–Kier alpha value is -1.64. The number of amides is 1. The van der Waals surface area contributed by atoms with Gasteiger partial charge in [-0.15, -0.1) is 0 Å². The highest BCUT2D eigenvalue weighted by Gasteiger charge is 2.28. The van der Waals surface area contributed by atoms with Gasteiger partial charge in [0, 0.05) is 44.8 Å². The Morgan fingerprint density at radius 3 is 2.30 bits per heavy atom. The summed E-state index contributed by atoms with van der Waals surface area (Å²) < 4.78 is 25.3. The number of anilines is 1. The maximum Gasteiger partial charge on any atom is 0.251 e. The van der Waals surface area contributed by atoms with Crippen molar-refractivity contribution in [2.75, 3.05) is 62.4 Å². The van der Waals surface area contributed by atoms with Crippen LogP contribution in [0, 0.1) is 0 Å². The molecule has 1 N–H and O–H groups in total. The lowest BCUT2D eigenvalue weighted by Crippen LogP contribution is -2.46. The van der Waals surface area contributed by atoms with Gasteiger partial charge in [0.25, 0.3) is 5.91 Å². The van der Waals surface area contributed by atoms with Crippen LogP contribution in [0.4, 0.5) is 5.69 Å². The molecule has 3 rings (SSSR count). The first-order valence-electron chi connectivity index (χ1n) is 9.83. The van der Waals surface area contributed by atoms with Crippen molar-refractivity contribution in [2.45, 2.75) is 19.8 Å². The second-order valence-electron chi connectivity index (χ2n) is 7.17. The first kappa shape index (κ1) is 20.1. The van der Waals surface area contributed by atoms with Crippen LogP contribution in [0.5, 0.6) is 0 Å². The Morgan fingerprint density at radius 1 is 1.04 bits per heavy atom. The molecule has 2 aliphatic rings. The molecular weight excluding hydrogens is 364 g/mol. The van der Waals surface area contributed by atoms with Crippen LogP contribution in [-0.4, -0.2) is 82.2 Å². The first-order chi connectivity index (χ1) is 13.0. The van der Waals surface area contributed by atoms with Crippen LogP contribution >= 0.6 is 0 Å². The number of sulfonamides is 1. The molecule has 150 valence electrons. The van der Waals surface area contributed by atoms with E-state index in [-0.39, 0.29) is 11.7 Å². The number of hydrogen-bond donors (Lipinski definition) is 1. The molecule has 0 bridgehead atoms. The predicted octanol–water partition coefficient (Wildman–Crippen LogP) is 0.984. The Balaban J connectivity index is 1.41. The van der Waals surface area contributed by atoms with Gasteiger partial charge < -0.3 is 15.1 Å². The molecular formula is C19H30N4O3S. The van der Waals surface area contributed by atoms with Gasteiger partial charge in [0.1, 0.15) is 0 Å². The third-order valence-electron chi connectivity index (χ3n) is 5.37. The summed E-state index contributed by atoms with van der Waals surface area (Å²) >= 11 is 0. The van der Waals surface area contributed by atoms with Crippen molar-refractivity contribution < 1.29 is 13.2 Å². The quantitative estimate of drug-likeness (QED) is 0.698. The minimum absolute atomic E-state index is 0.110. The lowest BCUT2D eigenvalue weighted by Gasteiger charge is -2.33. The molecule has 0 aliphatic carbocycles. The molecule has 27 heavy (non-hydrogen) atoms. The first-order valence-corrected chi connectivity index (χ1v) is 11.4. The summed E-state index contributed by atoms with van der Waals surface area (Å²) in [7, 11) is -3.18. The Labute approximate surface area is 162 Å². The molecule has 7 nitrogen and oxygen atoms in total. The maximum atomic E-state index is 12.3. The Kier molecular flexibility index (Phi) is 6.73. The van der Waals surface area contributed by atoms with Crippen LogP contribution in [0.25, 0.3) is 0 Å². The third kappa shape index (κ3) is 5.21. The minimum atomic E-state index is -3.18. The summed E-state index contributed by atoms with van der Waals surface area (Å²) in [5.74, 6) is 0.0876. The molecule has 2 aliphatic heterocycles. The van der Waals surface area contributed by atoms with Gasteiger partial charge in [0.2, 0.25) is 10.0 Å². The van der Waals surface area contributed by atoms with E-state index in [1.165, 1.54) is 4.31 Å². The molecule has 1 aromatic carbocycles. The predicted molar refractivity (Wildman–Crippen MR) is 108 cm³/mol. The van der Waals surface area contributed by atoms with E-state index in [0.29, 0.717) is 30.8 Å². The van der Waals surface area contributed by atoms with E-state index < -0.39 is 10.0 Å². The van der Waals surface area contributed by atoms with Gasteiger partial charge in [-0.2, -0.15) is 0 Å². The zero-order chi connectivity index (χ0) is 19.3. The molecule has 2 heterocycles. The lowest BCUT2D eigenvalue weighted by molar-refractivity contribution is 0.0948. The smallest absolute Gasteiger partial charge is 0.251 e. The van der Waals surface area contributed by atoms with Crippen LogP contribution in [0.2, 0.25) is 0 Å². The fraction of sp³-hybridized carbons (Fsp3) is 0.632. The summed E-state index contributed by atoms with van der Waals surface area (Å²) in [4.78, 5) is 17.2. The van der Waals surface area contributed by atoms with E-state index in [1.54, 1.807) is 24.3 Å². The molecule has 0 aromatic heterocycles. The van der Waals surface area contributed by atoms with Gasteiger partial charge in [0.05, 0.1) is 11.4 Å². The molecule has 1 amide bonds. The summed E-state index contributed by atoms with van der Waals surface area (Å²) in [5.41, 5.74) is 1.20. The van der Waals surface area contributed by atoms with Gasteiger partial charge in [-0.1, -0.05) is 6.92 Å². The number of nitrogens with one attached hydrogen (secondary N) is 1. The van der Waals surface area contributed by atoms with Gasteiger partial charge in [-0.3, -0.25) is 9.10 Å². The number of benzene rings is 1. The minimum Gasteiger partial charge on any atom is -0.352 e. The van der Waals surface area contributed by atoms with E-state index in [0.717, 1.165) is 45.7 Å².